The van der Waals surface area contributed by atoms with Crippen LogP contribution in [0.1, 0.15) is 29.2 Å². The fourth-order valence-electron chi connectivity index (χ4n) is 12.4. The predicted molar refractivity (Wildman–Crippen MR) is 311 cm³/mol. The Kier molecular flexibility index (Phi) is 9.78. The molecule has 0 amide bonds. The molecular formula is C71H45N3O2. The number of allylic oxidation sites excluding steroid dienone is 5. The molecule has 5 heteroatoms. The van der Waals surface area contributed by atoms with Crippen molar-refractivity contribution in [2.45, 2.75) is 12.3 Å². The Bertz CT molecular complexity index is 4550. The molecule has 0 atom stereocenters. The minimum atomic E-state index is -0.401. The Hall–Kier alpha value is -9.97. The second-order valence-corrected chi connectivity index (χ2v) is 19.8. The van der Waals surface area contributed by atoms with Crippen LogP contribution in [0.15, 0.2) is 264 Å². The molecule has 15 rings (SSSR count). The van der Waals surface area contributed by atoms with Crippen LogP contribution in [0.25, 0.3) is 128 Å². The van der Waals surface area contributed by atoms with Gasteiger partial charge in [0.2, 0.25) is 0 Å². The topological polar surface area (TPSA) is 65.0 Å². The lowest BCUT2D eigenvalue weighted by Gasteiger charge is -2.31. The molecule has 0 N–H and O–H groups in total. The van der Waals surface area contributed by atoms with Crippen molar-refractivity contribution < 1.29 is 8.83 Å². The maximum absolute atomic E-state index is 6.62. The van der Waals surface area contributed by atoms with Crippen molar-refractivity contribution in [3.63, 3.8) is 0 Å². The molecule has 3 aromatic heterocycles. The van der Waals surface area contributed by atoms with Crippen LogP contribution in [0, 0.1) is 0 Å². The van der Waals surface area contributed by atoms with Crippen LogP contribution in [-0.4, -0.2) is 15.0 Å². The Morgan fingerprint density at radius 1 is 0.368 bits per heavy atom. The molecule has 76 heavy (non-hydrogen) atoms. The molecule has 3 heterocycles. The van der Waals surface area contributed by atoms with Crippen molar-refractivity contribution >= 4 is 49.5 Å². The summed E-state index contributed by atoms with van der Waals surface area (Å²) in [5, 5.41) is 3.90. The second kappa shape index (κ2) is 17.1. The van der Waals surface area contributed by atoms with Crippen LogP contribution in [-0.2, 0) is 5.41 Å². The van der Waals surface area contributed by atoms with Gasteiger partial charge in [-0.25, -0.2) is 15.0 Å². The van der Waals surface area contributed by atoms with E-state index in [9.17, 15) is 0 Å². The molecule has 0 radical (unpaired) electrons. The van der Waals surface area contributed by atoms with Gasteiger partial charge >= 0.3 is 0 Å². The van der Waals surface area contributed by atoms with Gasteiger partial charge < -0.3 is 8.83 Å². The van der Waals surface area contributed by atoms with Crippen LogP contribution >= 0.6 is 0 Å². The van der Waals surface area contributed by atoms with E-state index in [0.717, 1.165) is 88.4 Å². The summed E-state index contributed by atoms with van der Waals surface area (Å²) in [7, 11) is 0. The van der Waals surface area contributed by atoms with Crippen LogP contribution in [0.3, 0.4) is 0 Å². The first-order chi connectivity index (χ1) is 37.5. The number of furan rings is 2. The number of hydrogen-bond donors (Lipinski definition) is 0. The second-order valence-electron chi connectivity index (χ2n) is 19.8. The molecule has 0 bridgehead atoms. The van der Waals surface area contributed by atoms with Gasteiger partial charge in [0, 0.05) is 38.2 Å². The van der Waals surface area contributed by atoms with Crippen molar-refractivity contribution in [2.75, 3.05) is 0 Å². The fraction of sp³-hybridized carbons (Fsp3) is 0.0282. The third-order valence-electron chi connectivity index (χ3n) is 15.8. The summed E-state index contributed by atoms with van der Waals surface area (Å²) >= 11 is 0. The van der Waals surface area contributed by atoms with E-state index in [-0.39, 0.29) is 0 Å². The Morgan fingerprint density at radius 3 is 1.50 bits per heavy atom. The van der Waals surface area contributed by atoms with Gasteiger partial charge in [0.25, 0.3) is 0 Å². The SMILES string of the molecule is C=C/C=C\C1=C(C)C2(c3cc(-c4ccc(-c5ccc6oc7cccc(-c8nc(-c9ccc(-c%10ccccc%10)cc9)nc(-c9cccc%10oc%11ccccc%11c9%10)n8)c7c6c5)cc4)ccc31)c1ccccc1-c1ccccc12. The molecule has 5 nitrogen and oxygen atoms in total. The number of fused-ring (bicyclic) bond motifs is 13. The highest BCUT2D eigenvalue weighted by Gasteiger charge is 2.51. The molecule has 0 saturated carbocycles. The summed E-state index contributed by atoms with van der Waals surface area (Å²) < 4.78 is 13.0. The molecule has 0 unspecified atom stereocenters. The predicted octanol–water partition coefficient (Wildman–Crippen LogP) is 18.5. The normalized spacial score (nSPS) is 13.4. The van der Waals surface area contributed by atoms with Crippen molar-refractivity contribution in [1.82, 2.24) is 15.0 Å². The van der Waals surface area contributed by atoms with Gasteiger partial charge in [0.05, 0.1) is 5.41 Å². The average molecular weight is 972 g/mol. The van der Waals surface area contributed by atoms with Crippen LogP contribution in [0.4, 0.5) is 0 Å². The molecule has 13 aromatic rings. The molecule has 0 aliphatic heterocycles. The zero-order valence-corrected chi connectivity index (χ0v) is 41.5. The quantitative estimate of drug-likeness (QED) is 0.142. The molecule has 0 saturated heterocycles. The van der Waals surface area contributed by atoms with Crippen molar-refractivity contribution in [3.05, 3.63) is 277 Å². The van der Waals surface area contributed by atoms with E-state index in [1.54, 1.807) is 0 Å². The van der Waals surface area contributed by atoms with E-state index in [1.807, 2.05) is 54.6 Å². The summed E-state index contributed by atoms with van der Waals surface area (Å²) in [5.41, 5.74) is 22.5. The molecule has 10 aromatic carbocycles. The number of nitrogens with zero attached hydrogens (tertiary/aromatic N) is 3. The first-order valence-electron chi connectivity index (χ1n) is 25.8. The van der Waals surface area contributed by atoms with Gasteiger partial charge in [-0.15, -0.1) is 0 Å². The van der Waals surface area contributed by atoms with E-state index in [2.05, 4.69) is 202 Å². The largest absolute Gasteiger partial charge is 0.456 e. The third-order valence-corrected chi connectivity index (χ3v) is 15.8. The fourth-order valence-corrected chi connectivity index (χ4v) is 12.4. The third kappa shape index (κ3) is 6.55. The van der Waals surface area contributed by atoms with E-state index in [0.29, 0.717) is 17.5 Å². The van der Waals surface area contributed by atoms with Crippen LogP contribution in [0.5, 0.6) is 0 Å². The Labute approximate surface area is 439 Å². The maximum Gasteiger partial charge on any atom is 0.164 e. The van der Waals surface area contributed by atoms with Gasteiger partial charge in [-0.05, 0) is 121 Å². The van der Waals surface area contributed by atoms with E-state index < -0.39 is 5.41 Å². The lowest BCUT2D eigenvalue weighted by molar-refractivity contribution is 0.668. The maximum atomic E-state index is 6.62. The standard InChI is InChI=1S/C71H45N3O2/c1-3-4-18-51-43(2)71(59-24-11-8-19-52(59)53-20-9-12-25-60(53)71)61-42-50(37-39-54(51)61)47-31-29-46(30-32-47)49-38-40-63-58(41-49)67-57(23-15-28-65(67)76-63)70-73-68(48-35-33-45(34-36-48)44-16-6-5-7-17-44)72-69(74-70)56-22-14-27-64-66(56)55-21-10-13-26-62(55)75-64/h3-42H,1H2,2H3/b18-4-. The van der Waals surface area contributed by atoms with Crippen LogP contribution < -0.4 is 0 Å². The zero-order chi connectivity index (χ0) is 50.5. The first-order valence-corrected chi connectivity index (χ1v) is 25.8. The molecule has 2 aliphatic rings. The molecule has 2 aliphatic carbocycles. The lowest BCUT2D eigenvalue weighted by atomic mass is 9.70. The van der Waals surface area contributed by atoms with Crippen molar-refractivity contribution in [2.24, 2.45) is 0 Å². The first kappa shape index (κ1) is 43.6. The van der Waals surface area contributed by atoms with Gasteiger partial charge in [-0.2, -0.15) is 0 Å². The summed E-state index contributed by atoms with van der Waals surface area (Å²) in [6.07, 6.45) is 6.15. The lowest BCUT2D eigenvalue weighted by Crippen LogP contribution is -2.26. The van der Waals surface area contributed by atoms with Gasteiger partial charge in [-0.3, -0.25) is 0 Å². The van der Waals surface area contributed by atoms with E-state index in [1.165, 1.54) is 50.1 Å². The minimum absolute atomic E-state index is 0.401. The number of hydrogen-bond acceptors (Lipinski definition) is 5. The van der Waals surface area contributed by atoms with Crippen LogP contribution in [0.2, 0.25) is 0 Å². The van der Waals surface area contributed by atoms with Crippen molar-refractivity contribution in [3.8, 4) is 78.7 Å². The molecular weight excluding hydrogens is 927 g/mol. The molecule has 356 valence electrons. The summed E-state index contributed by atoms with van der Waals surface area (Å²) in [4.78, 5) is 15.8. The smallest absolute Gasteiger partial charge is 0.164 e. The Balaban J connectivity index is 0.839. The number of aromatic nitrogens is 3. The monoisotopic (exact) mass is 971 g/mol. The highest BCUT2D eigenvalue weighted by Crippen LogP contribution is 2.62. The van der Waals surface area contributed by atoms with E-state index >= 15 is 0 Å². The molecule has 0 fully saturated rings. The number of para-hydroxylation sites is 1. The van der Waals surface area contributed by atoms with E-state index in [4.69, 9.17) is 23.8 Å². The Morgan fingerprint density at radius 2 is 0.842 bits per heavy atom. The average Bonchev–Trinajstić information content (AvgIpc) is 4.41. The minimum Gasteiger partial charge on any atom is -0.456 e. The highest BCUT2D eigenvalue weighted by atomic mass is 16.3. The zero-order valence-electron chi connectivity index (χ0n) is 41.5. The van der Waals surface area contributed by atoms with Gasteiger partial charge in [0.15, 0.2) is 17.5 Å². The summed E-state index contributed by atoms with van der Waals surface area (Å²) in [6, 6.07) is 79.5. The summed E-state index contributed by atoms with van der Waals surface area (Å²) in [6.45, 7) is 6.33. The highest BCUT2D eigenvalue weighted by molar-refractivity contribution is 6.14. The number of benzene rings is 10. The van der Waals surface area contributed by atoms with Gasteiger partial charge in [-0.1, -0.05) is 213 Å². The molecule has 1 spiro atoms. The number of rotatable bonds is 8. The van der Waals surface area contributed by atoms with Crippen molar-refractivity contribution in [1.29, 1.82) is 0 Å². The van der Waals surface area contributed by atoms with Gasteiger partial charge in [0.1, 0.15) is 22.3 Å². The summed E-state index contributed by atoms with van der Waals surface area (Å²) in [5.74, 6) is 1.68.